The molecule has 0 spiro atoms. The summed E-state index contributed by atoms with van der Waals surface area (Å²) >= 11 is 5.84. The Labute approximate surface area is 157 Å². The van der Waals surface area contributed by atoms with Crippen molar-refractivity contribution >= 4 is 40.5 Å². The van der Waals surface area contributed by atoms with E-state index in [9.17, 15) is 29.8 Å². The maximum absolute atomic E-state index is 12.1. The van der Waals surface area contributed by atoms with Crippen molar-refractivity contribution in [3.63, 3.8) is 0 Å². The van der Waals surface area contributed by atoms with Crippen molar-refractivity contribution < 1.29 is 24.2 Å². The summed E-state index contributed by atoms with van der Waals surface area (Å²) in [5.41, 5.74) is -0.835. The summed E-state index contributed by atoms with van der Waals surface area (Å²) in [7, 11) is 0. The zero-order valence-corrected chi connectivity index (χ0v) is 14.5. The normalized spacial score (nSPS) is 11.3. The second kappa shape index (κ2) is 8.23. The number of benzene rings is 2. The Kier molecular flexibility index (Phi) is 6.03. The fraction of sp³-hybridized carbons (Fsp3) is 0.125. The SMILES string of the molecule is C[C@@H](OC(=O)c1ccc([N+](=O)[O-])cc1Cl)C(=O)Nc1ccccc1[N+](=O)[O-]. The van der Waals surface area contributed by atoms with Gasteiger partial charge in [-0.15, -0.1) is 0 Å². The number of hydrogen-bond acceptors (Lipinski definition) is 7. The molecule has 0 fully saturated rings. The van der Waals surface area contributed by atoms with Crippen molar-refractivity contribution in [1.82, 2.24) is 0 Å². The number of non-ortho nitro benzene ring substituents is 1. The van der Waals surface area contributed by atoms with E-state index in [0.29, 0.717) is 0 Å². The zero-order chi connectivity index (χ0) is 20.1. The number of anilines is 1. The summed E-state index contributed by atoms with van der Waals surface area (Å²) < 4.78 is 4.98. The van der Waals surface area contributed by atoms with E-state index in [1.54, 1.807) is 0 Å². The second-order valence-electron chi connectivity index (χ2n) is 5.23. The largest absolute Gasteiger partial charge is 0.449 e. The van der Waals surface area contributed by atoms with Crippen LogP contribution in [0.5, 0.6) is 0 Å². The van der Waals surface area contributed by atoms with Gasteiger partial charge >= 0.3 is 5.97 Å². The molecular formula is C16H12ClN3O7. The molecule has 2 aromatic rings. The fourth-order valence-electron chi connectivity index (χ4n) is 2.03. The second-order valence-corrected chi connectivity index (χ2v) is 5.64. The topological polar surface area (TPSA) is 142 Å². The molecule has 1 amide bonds. The number of ether oxygens (including phenoxy) is 1. The smallest absolute Gasteiger partial charge is 0.340 e. The maximum Gasteiger partial charge on any atom is 0.340 e. The van der Waals surface area contributed by atoms with Gasteiger partial charge in [-0.05, 0) is 19.1 Å². The highest BCUT2D eigenvalue weighted by Crippen LogP contribution is 2.25. The Hall–Kier alpha value is -3.53. The van der Waals surface area contributed by atoms with E-state index in [4.69, 9.17) is 16.3 Å². The minimum absolute atomic E-state index is 0.0521. The van der Waals surface area contributed by atoms with Gasteiger partial charge in [0, 0.05) is 18.2 Å². The highest BCUT2D eigenvalue weighted by molar-refractivity contribution is 6.33. The van der Waals surface area contributed by atoms with Gasteiger partial charge in [0.25, 0.3) is 17.3 Å². The number of rotatable bonds is 6. The van der Waals surface area contributed by atoms with Crippen molar-refractivity contribution in [2.75, 3.05) is 5.32 Å². The van der Waals surface area contributed by atoms with Gasteiger partial charge in [0.15, 0.2) is 6.10 Å². The highest BCUT2D eigenvalue weighted by atomic mass is 35.5. The van der Waals surface area contributed by atoms with E-state index < -0.39 is 27.8 Å². The van der Waals surface area contributed by atoms with E-state index in [1.807, 2.05) is 0 Å². The predicted octanol–water partition coefficient (Wildman–Crippen LogP) is 3.34. The first-order valence-electron chi connectivity index (χ1n) is 7.40. The lowest BCUT2D eigenvalue weighted by atomic mass is 10.2. The molecule has 10 nitrogen and oxygen atoms in total. The number of halogens is 1. The predicted molar refractivity (Wildman–Crippen MR) is 94.7 cm³/mol. The maximum atomic E-state index is 12.1. The van der Waals surface area contributed by atoms with Crippen molar-refractivity contribution in [3.8, 4) is 0 Å². The highest BCUT2D eigenvalue weighted by Gasteiger charge is 2.24. The molecule has 0 saturated carbocycles. The quantitative estimate of drug-likeness (QED) is 0.450. The number of nitro groups is 2. The first-order valence-corrected chi connectivity index (χ1v) is 7.77. The molecule has 0 radical (unpaired) electrons. The summed E-state index contributed by atoms with van der Waals surface area (Å²) in [5.74, 6) is -1.77. The number of carbonyl (C=O) groups is 2. The molecule has 1 N–H and O–H groups in total. The molecule has 0 aliphatic heterocycles. The average molecular weight is 394 g/mol. The Morgan fingerprint density at radius 1 is 1.11 bits per heavy atom. The third-order valence-corrected chi connectivity index (χ3v) is 3.71. The molecule has 0 saturated heterocycles. The first kappa shape index (κ1) is 19.8. The van der Waals surface area contributed by atoms with Gasteiger partial charge in [0.05, 0.1) is 20.4 Å². The first-order chi connectivity index (χ1) is 12.7. The Bertz CT molecular complexity index is 932. The van der Waals surface area contributed by atoms with Crippen LogP contribution < -0.4 is 5.32 Å². The standard InChI is InChI=1S/C16H12ClN3O7/c1-9(15(21)18-13-4-2-3-5-14(13)20(25)26)27-16(22)11-7-6-10(19(23)24)8-12(11)17/h2-9H,1H3,(H,18,21)/t9-/m1/s1. The van der Waals surface area contributed by atoms with Crippen molar-refractivity contribution in [3.05, 3.63) is 73.3 Å². The van der Waals surface area contributed by atoms with Crippen LogP contribution in [-0.2, 0) is 9.53 Å². The van der Waals surface area contributed by atoms with Crippen molar-refractivity contribution in [2.24, 2.45) is 0 Å². The molecule has 0 bridgehead atoms. The van der Waals surface area contributed by atoms with Crippen LogP contribution in [0.15, 0.2) is 42.5 Å². The summed E-state index contributed by atoms with van der Waals surface area (Å²) in [6, 6.07) is 8.64. The molecule has 27 heavy (non-hydrogen) atoms. The van der Waals surface area contributed by atoms with E-state index in [1.165, 1.54) is 31.2 Å². The van der Waals surface area contributed by atoms with Crippen molar-refractivity contribution in [1.29, 1.82) is 0 Å². The van der Waals surface area contributed by atoms with Gasteiger partial charge in [-0.3, -0.25) is 25.0 Å². The molecular weight excluding hydrogens is 382 g/mol. The molecule has 0 unspecified atom stereocenters. The third kappa shape index (κ3) is 4.76. The number of carbonyl (C=O) groups excluding carboxylic acids is 2. The lowest BCUT2D eigenvalue weighted by Crippen LogP contribution is -2.30. The van der Waals surface area contributed by atoms with Crippen LogP contribution in [0, 0.1) is 20.2 Å². The van der Waals surface area contributed by atoms with E-state index in [0.717, 1.165) is 18.2 Å². The van der Waals surface area contributed by atoms with Crippen LogP contribution in [0.3, 0.4) is 0 Å². The third-order valence-electron chi connectivity index (χ3n) is 3.40. The van der Waals surface area contributed by atoms with E-state index in [2.05, 4.69) is 5.32 Å². The van der Waals surface area contributed by atoms with Gasteiger partial charge in [-0.25, -0.2) is 4.79 Å². The number of nitrogens with zero attached hydrogens (tertiary/aromatic N) is 2. The van der Waals surface area contributed by atoms with E-state index in [-0.39, 0.29) is 27.6 Å². The van der Waals surface area contributed by atoms with Crippen LogP contribution in [-0.4, -0.2) is 27.8 Å². The summed E-state index contributed by atoms with van der Waals surface area (Å²) in [6.07, 6.45) is -1.30. The van der Waals surface area contributed by atoms with Gasteiger partial charge in [-0.2, -0.15) is 0 Å². The van der Waals surface area contributed by atoms with Crippen LogP contribution in [0.25, 0.3) is 0 Å². The van der Waals surface area contributed by atoms with Crippen LogP contribution in [0.2, 0.25) is 5.02 Å². The number of nitrogens with one attached hydrogen (secondary N) is 1. The minimum atomic E-state index is -1.30. The van der Waals surface area contributed by atoms with Gasteiger partial charge < -0.3 is 10.1 Å². The van der Waals surface area contributed by atoms with Crippen LogP contribution in [0.1, 0.15) is 17.3 Å². The lowest BCUT2D eigenvalue weighted by molar-refractivity contribution is -0.384. The molecule has 1 atom stereocenters. The number of esters is 1. The van der Waals surface area contributed by atoms with Crippen LogP contribution >= 0.6 is 11.6 Å². The molecule has 0 heterocycles. The van der Waals surface area contributed by atoms with E-state index >= 15 is 0 Å². The summed E-state index contributed by atoms with van der Waals surface area (Å²) in [4.78, 5) is 44.6. The molecule has 0 aromatic heterocycles. The van der Waals surface area contributed by atoms with Gasteiger partial charge in [0.1, 0.15) is 5.69 Å². The fourth-order valence-corrected chi connectivity index (χ4v) is 2.29. The van der Waals surface area contributed by atoms with Gasteiger partial charge in [0.2, 0.25) is 0 Å². The van der Waals surface area contributed by atoms with Gasteiger partial charge in [-0.1, -0.05) is 23.7 Å². The molecule has 140 valence electrons. The summed E-state index contributed by atoms with van der Waals surface area (Å²) in [5, 5.41) is 23.7. The molecule has 11 heteroatoms. The Balaban J connectivity index is 2.09. The molecule has 0 aliphatic rings. The average Bonchev–Trinajstić information content (AvgIpc) is 2.61. The van der Waals surface area contributed by atoms with Crippen molar-refractivity contribution in [2.45, 2.75) is 13.0 Å². The summed E-state index contributed by atoms with van der Waals surface area (Å²) in [6.45, 7) is 1.27. The number of para-hydroxylation sites is 2. The Morgan fingerprint density at radius 3 is 2.37 bits per heavy atom. The molecule has 0 aliphatic carbocycles. The molecule has 2 rings (SSSR count). The lowest BCUT2D eigenvalue weighted by Gasteiger charge is -2.14. The van der Waals surface area contributed by atoms with Crippen LogP contribution in [0.4, 0.5) is 17.1 Å². The minimum Gasteiger partial charge on any atom is -0.449 e. The number of hydrogen-bond donors (Lipinski definition) is 1. The number of nitro benzene ring substituents is 2. The Morgan fingerprint density at radius 2 is 1.78 bits per heavy atom. The number of amides is 1. The molecule has 2 aromatic carbocycles. The monoisotopic (exact) mass is 393 g/mol. The zero-order valence-electron chi connectivity index (χ0n) is 13.7.